The Morgan fingerprint density at radius 3 is 2.48 bits per heavy atom. The van der Waals surface area contributed by atoms with Gasteiger partial charge in [0, 0.05) is 18.1 Å². The predicted octanol–water partition coefficient (Wildman–Crippen LogP) is 4.07. The van der Waals surface area contributed by atoms with E-state index in [1.54, 1.807) is 0 Å². The van der Waals surface area contributed by atoms with Gasteiger partial charge in [0.25, 0.3) is 0 Å². The second kappa shape index (κ2) is 8.11. The second-order valence-corrected chi connectivity index (χ2v) is 6.35. The molecule has 0 aromatic heterocycles. The maximum absolute atomic E-state index is 5.76. The van der Waals surface area contributed by atoms with E-state index >= 15 is 0 Å². The van der Waals surface area contributed by atoms with Gasteiger partial charge >= 0.3 is 0 Å². The van der Waals surface area contributed by atoms with Gasteiger partial charge in [0.1, 0.15) is 5.75 Å². The van der Waals surface area contributed by atoms with Crippen LogP contribution in [0, 0.1) is 13.8 Å². The van der Waals surface area contributed by atoms with Crippen LogP contribution < -0.4 is 10.5 Å². The van der Waals surface area contributed by atoms with E-state index in [0.29, 0.717) is 6.54 Å². The maximum Gasteiger partial charge on any atom is 0.119 e. The van der Waals surface area contributed by atoms with Gasteiger partial charge in [-0.1, -0.05) is 41.5 Å². The van der Waals surface area contributed by atoms with Crippen LogP contribution in [0.25, 0.3) is 0 Å². The van der Waals surface area contributed by atoms with E-state index in [1.165, 1.54) is 16.7 Å². The van der Waals surface area contributed by atoms with Gasteiger partial charge in [-0.05, 0) is 37.1 Å². The molecule has 2 rings (SSSR count). The molecule has 0 unspecified atom stereocenters. The van der Waals surface area contributed by atoms with Crippen LogP contribution in [0.3, 0.4) is 0 Å². The van der Waals surface area contributed by atoms with Gasteiger partial charge < -0.3 is 10.5 Å². The number of thioether (sulfide) groups is 1. The summed E-state index contributed by atoms with van der Waals surface area (Å²) in [5.41, 5.74) is 10.8. The zero-order valence-electron chi connectivity index (χ0n) is 12.8. The maximum atomic E-state index is 5.76. The fourth-order valence-corrected chi connectivity index (χ4v) is 3.07. The quantitative estimate of drug-likeness (QED) is 0.783. The molecule has 2 N–H and O–H groups in total. The molecule has 0 saturated heterocycles. The van der Waals surface area contributed by atoms with Crippen LogP contribution in [-0.2, 0) is 12.3 Å². The first kappa shape index (κ1) is 15.9. The van der Waals surface area contributed by atoms with Crippen molar-refractivity contribution in [2.75, 3.05) is 12.4 Å². The van der Waals surface area contributed by atoms with Crippen LogP contribution in [0.2, 0.25) is 0 Å². The summed E-state index contributed by atoms with van der Waals surface area (Å²) in [6.45, 7) is 5.57. The average molecular weight is 301 g/mol. The van der Waals surface area contributed by atoms with Gasteiger partial charge in [0.2, 0.25) is 0 Å². The number of nitrogens with two attached hydrogens (primary N) is 1. The van der Waals surface area contributed by atoms with Gasteiger partial charge in [-0.2, -0.15) is 11.8 Å². The Morgan fingerprint density at radius 2 is 1.76 bits per heavy atom. The number of benzene rings is 2. The van der Waals surface area contributed by atoms with Crippen molar-refractivity contribution < 1.29 is 4.74 Å². The highest BCUT2D eigenvalue weighted by molar-refractivity contribution is 7.98. The molecule has 0 aliphatic heterocycles. The topological polar surface area (TPSA) is 35.2 Å². The third-order valence-corrected chi connectivity index (χ3v) is 4.17. The van der Waals surface area contributed by atoms with Crippen LogP contribution in [0.5, 0.6) is 5.75 Å². The Labute approximate surface area is 131 Å². The first-order valence-electron chi connectivity index (χ1n) is 7.24. The van der Waals surface area contributed by atoms with Crippen molar-refractivity contribution in [3.8, 4) is 5.75 Å². The lowest BCUT2D eigenvalue weighted by molar-refractivity contribution is 0.343. The minimum absolute atomic E-state index is 0.554. The molecule has 0 heterocycles. The van der Waals surface area contributed by atoms with E-state index in [0.717, 1.165) is 29.4 Å². The molecule has 2 aromatic carbocycles. The molecule has 2 aromatic rings. The third-order valence-electron chi connectivity index (χ3n) is 3.18. The summed E-state index contributed by atoms with van der Waals surface area (Å²) in [4.78, 5) is 0. The van der Waals surface area contributed by atoms with Crippen LogP contribution in [0.1, 0.15) is 22.3 Å². The molecular formula is C18H23NOS. The van der Waals surface area contributed by atoms with Crippen molar-refractivity contribution in [3.05, 3.63) is 64.7 Å². The Kier molecular flexibility index (Phi) is 6.15. The molecule has 3 heteroatoms. The zero-order valence-corrected chi connectivity index (χ0v) is 13.6. The predicted molar refractivity (Wildman–Crippen MR) is 91.9 cm³/mol. The highest BCUT2D eigenvalue weighted by Gasteiger charge is 1.99. The van der Waals surface area contributed by atoms with Crippen molar-refractivity contribution in [1.29, 1.82) is 0 Å². The Bertz CT molecular complexity index is 563. The summed E-state index contributed by atoms with van der Waals surface area (Å²) in [6, 6.07) is 14.7. The van der Waals surface area contributed by atoms with Gasteiger partial charge in [0.15, 0.2) is 0 Å². The van der Waals surface area contributed by atoms with Crippen LogP contribution in [0.4, 0.5) is 0 Å². The number of ether oxygens (including phenoxy) is 1. The fraction of sp³-hybridized carbons (Fsp3) is 0.333. The SMILES string of the molecule is Cc1cc(C)cc(CSCCOc2cccc(CN)c2)c1. The first-order chi connectivity index (χ1) is 10.2. The molecule has 0 radical (unpaired) electrons. The summed E-state index contributed by atoms with van der Waals surface area (Å²) in [7, 11) is 0. The van der Waals surface area contributed by atoms with E-state index in [2.05, 4.69) is 32.0 Å². The summed E-state index contributed by atoms with van der Waals surface area (Å²) in [5, 5.41) is 0. The highest BCUT2D eigenvalue weighted by atomic mass is 32.2. The van der Waals surface area contributed by atoms with Crippen molar-refractivity contribution in [2.45, 2.75) is 26.1 Å². The highest BCUT2D eigenvalue weighted by Crippen LogP contribution is 2.17. The van der Waals surface area contributed by atoms with Crippen LogP contribution in [-0.4, -0.2) is 12.4 Å². The van der Waals surface area contributed by atoms with Crippen molar-refractivity contribution in [3.63, 3.8) is 0 Å². The second-order valence-electron chi connectivity index (χ2n) is 5.25. The lowest BCUT2D eigenvalue weighted by atomic mass is 10.1. The Morgan fingerprint density at radius 1 is 1.00 bits per heavy atom. The molecule has 21 heavy (non-hydrogen) atoms. The average Bonchev–Trinajstić information content (AvgIpc) is 2.46. The molecule has 0 aliphatic rings. The molecule has 112 valence electrons. The zero-order chi connectivity index (χ0) is 15.1. The minimum atomic E-state index is 0.554. The van der Waals surface area contributed by atoms with E-state index in [1.807, 2.05) is 36.0 Å². The molecule has 0 atom stereocenters. The molecule has 2 nitrogen and oxygen atoms in total. The van der Waals surface area contributed by atoms with Crippen molar-refractivity contribution in [2.24, 2.45) is 5.73 Å². The standard InChI is InChI=1S/C18H23NOS/c1-14-8-15(2)10-17(9-14)13-21-7-6-20-18-5-3-4-16(11-18)12-19/h3-5,8-11H,6-7,12-13,19H2,1-2H3. The minimum Gasteiger partial charge on any atom is -0.493 e. The normalized spacial score (nSPS) is 10.6. The van der Waals surface area contributed by atoms with Crippen LogP contribution >= 0.6 is 11.8 Å². The monoisotopic (exact) mass is 301 g/mol. The van der Waals surface area contributed by atoms with Gasteiger partial charge in [0.05, 0.1) is 6.61 Å². The number of hydrogen-bond donors (Lipinski definition) is 1. The molecular weight excluding hydrogens is 278 g/mol. The van der Waals surface area contributed by atoms with Gasteiger partial charge in [-0.15, -0.1) is 0 Å². The third kappa shape index (κ3) is 5.44. The van der Waals surface area contributed by atoms with Crippen molar-refractivity contribution >= 4 is 11.8 Å². The smallest absolute Gasteiger partial charge is 0.119 e. The summed E-state index contributed by atoms with van der Waals surface area (Å²) in [5.74, 6) is 2.93. The number of aryl methyl sites for hydroxylation is 2. The molecule has 0 bridgehead atoms. The van der Waals surface area contributed by atoms with E-state index in [-0.39, 0.29) is 0 Å². The molecule has 0 spiro atoms. The largest absolute Gasteiger partial charge is 0.493 e. The molecule has 0 saturated carbocycles. The van der Waals surface area contributed by atoms with Crippen LogP contribution in [0.15, 0.2) is 42.5 Å². The van der Waals surface area contributed by atoms with E-state index in [4.69, 9.17) is 10.5 Å². The lowest BCUT2D eigenvalue weighted by Crippen LogP contribution is -2.02. The summed E-state index contributed by atoms with van der Waals surface area (Å²) < 4.78 is 5.76. The fourth-order valence-electron chi connectivity index (χ4n) is 2.32. The first-order valence-corrected chi connectivity index (χ1v) is 8.39. The van der Waals surface area contributed by atoms with Crippen molar-refractivity contribution in [1.82, 2.24) is 0 Å². The molecule has 0 fully saturated rings. The molecule has 0 amide bonds. The summed E-state index contributed by atoms with van der Waals surface area (Å²) in [6.07, 6.45) is 0. The van der Waals surface area contributed by atoms with Gasteiger partial charge in [-0.3, -0.25) is 0 Å². The lowest BCUT2D eigenvalue weighted by Gasteiger charge is -2.08. The van der Waals surface area contributed by atoms with Gasteiger partial charge in [-0.25, -0.2) is 0 Å². The Hall–Kier alpha value is -1.45. The summed E-state index contributed by atoms with van der Waals surface area (Å²) >= 11 is 1.90. The van der Waals surface area contributed by atoms with E-state index < -0.39 is 0 Å². The number of hydrogen-bond acceptors (Lipinski definition) is 3. The molecule has 0 aliphatic carbocycles. The van der Waals surface area contributed by atoms with E-state index in [9.17, 15) is 0 Å². The Balaban J connectivity index is 1.72. The number of rotatable bonds is 7.